The minimum atomic E-state index is -1.02. The van der Waals surface area contributed by atoms with Gasteiger partial charge in [-0.25, -0.2) is 18.6 Å². The quantitative estimate of drug-likeness (QED) is 0.223. The SMILES string of the molecule is O=C(O)c1ccc2c(n1)CCCC2NCCc1cc(F)ccc1OCc1ccc(CCc2ccc(F)cc2)cc1. The van der Waals surface area contributed by atoms with Crippen molar-refractivity contribution in [3.63, 3.8) is 0 Å². The number of benzene rings is 3. The summed E-state index contributed by atoms with van der Waals surface area (Å²) in [5.74, 6) is -0.894. The molecule has 1 aromatic heterocycles. The second-order valence-corrected chi connectivity index (χ2v) is 10.2. The van der Waals surface area contributed by atoms with E-state index in [1.165, 1.54) is 29.8 Å². The van der Waals surface area contributed by atoms with Gasteiger partial charge in [-0.3, -0.25) is 0 Å². The van der Waals surface area contributed by atoms with Crippen LogP contribution in [-0.2, 0) is 32.3 Å². The average molecular weight is 543 g/mol. The molecule has 2 N–H and O–H groups in total. The number of nitrogens with zero attached hydrogens (tertiary/aromatic N) is 1. The maximum absolute atomic E-state index is 14.1. The van der Waals surface area contributed by atoms with Crippen molar-refractivity contribution in [2.45, 2.75) is 51.2 Å². The first-order chi connectivity index (χ1) is 19.4. The summed E-state index contributed by atoms with van der Waals surface area (Å²) in [4.78, 5) is 15.6. The predicted molar refractivity (Wildman–Crippen MR) is 150 cm³/mol. The zero-order valence-corrected chi connectivity index (χ0v) is 22.2. The van der Waals surface area contributed by atoms with Crippen molar-refractivity contribution in [3.05, 3.63) is 130 Å². The van der Waals surface area contributed by atoms with Crippen LogP contribution in [0.2, 0.25) is 0 Å². The molecule has 1 unspecified atom stereocenters. The summed E-state index contributed by atoms with van der Waals surface area (Å²) in [6.07, 6.45) is 4.93. The number of fused-ring (bicyclic) bond motifs is 1. The van der Waals surface area contributed by atoms with Gasteiger partial charge < -0.3 is 15.2 Å². The van der Waals surface area contributed by atoms with E-state index < -0.39 is 5.97 Å². The molecule has 0 saturated heterocycles. The molecule has 1 aliphatic carbocycles. The monoisotopic (exact) mass is 542 g/mol. The Bertz CT molecular complexity index is 1460. The smallest absolute Gasteiger partial charge is 0.354 e. The number of hydrogen-bond acceptors (Lipinski definition) is 4. The Labute approximate surface area is 232 Å². The van der Waals surface area contributed by atoms with E-state index in [-0.39, 0.29) is 23.4 Å². The second kappa shape index (κ2) is 12.8. The van der Waals surface area contributed by atoms with Crippen molar-refractivity contribution in [2.75, 3.05) is 6.54 Å². The molecule has 1 heterocycles. The number of carboxylic acid groups (broad SMARTS) is 1. The molecular weight excluding hydrogens is 510 g/mol. The van der Waals surface area contributed by atoms with E-state index in [0.717, 1.165) is 60.1 Å². The third kappa shape index (κ3) is 7.10. The van der Waals surface area contributed by atoms with Crippen molar-refractivity contribution < 1.29 is 23.4 Å². The summed E-state index contributed by atoms with van der Waals surface area (Å²) < 4.78 is 33.3. The molecule has 0 fully saturated rings. The lowest BCUT2D eigenvalue weighted by atomic mass is 9.91. The van der Waals surface area contributed by atoms with Gasteiger partial charge in [-0.15, -0.1) is 0 Å². The highest BCUT2D eigenvalue weighted by Gasteiger charge is 2.22. The first-order valence-corrected chi connectivity index (χ1v) is 13.6. The van der Waals surface area contributed by atoms with Crippen molar-refractivity contribution in [1.82, 2.24) is 10.3 Å². The van der Waals surface area contributed by atoms with Crippen molar-refractivity contribution in [2.24, 2.45) is 0 Å². The molecule has 40 heavy (non-hydrogen) atoms. The maximum atomic E-state index is 14.1. The summed E-state index contributed by atoms with van der Waals surface area (Å²) in [5.41, 5.74) is 6.04. The molecule has 0 radical (unpaired) electrons. The van der Waals surface area contributed by atoms with Gasteiger partial charge in [-0.05, 0) is 109 Å². The topological polar surface area (TPSA) is 71.5 Å². The van der Waals surface area contributed by atoms with E-state index in [1.807, 2.05) is 30.3 Å². The predicted octanol–water partition coefficient (Wildman–Crippen LogP) is 6.63. The van der Waals surface area contributed by atoms with Crippen LogP contribution in [0.3, 0.4) is 0 Å². The number of halogens is 2. The Morgan fingerprint density at radius 2 is 1.55 bits per heavy atom. The van der Waals surface area contributed by atoms with Gasteiger partial charge in [0, 0.05) is 11.7 Å². The number of hydrogen-bond donors (Lipinski definition) is 2. The molecule has 7 heteroatoms. The lowest BCUT2D eigenvalue weighted by Gasteiger charge is -2.26. The average Bonchev–Trinajstić information content (AvgIpc) is 2.97. The lowest BCUT2D eigenvalue weighted by molar-refractivity contribution is 0.0690. The molecule has 0 bridgehead atoms. The fourth-order valence-electron chi connectivity index (χ4n) is 5.16. The lowest BCUT2D eigenvalue weighted by Crippen LogP contribution is -2.28. The number of ether oxygens (including phenoxy) is 1. The summed E-state index contributed by atoms with van der Waals surface area (Å²) in [7, 11) is 0. The van der Waals surface area contributed by atoms with E-state index in [9.17, 15) is 18.7 Å². The molecule has 0 amide bonds. The summed E-state index contributed by atoms with van der Waals surface area (Å²) in [5, 5.41) is 12.8. The van der Waals surface area contributed by atoms with Gasteiger partial charge in [-0.2, -0.15) is 0 Å². The fraction of sp³-hybridized carbons (Fsp3) is 0.273. The standard InChI is InChI=1S/C33H32F2N2O3/c34-26-12-10-23(11-13-26)5-4-22-6-8-24(9-7-22)21-40-32-17-14-27(35)20-25(32)18-19-36-29-2-1-3-30-28(29)15-16-31(37-30)33(38)39/h6-17,20,29,36H,1-5,18-19,21H2,(H,38,39). The molecule has 1 aliphatic rings. The second-order valence-electron chi connectivity index (χ2n) is 10.2. The number of rotatable bonds is 11. The van der Waals surface area contributed by atoms with Crippen LogP contribution in [0.4, 0.5) is 8.78 Å². The first kappa shape index (κ1) is 27.5. The highest BCUT2D eigenvalue weighted by molar-refractivity contribution is 5.85. The summed E-state index contributed by atoms with van der Waals surface area (Å²) >= 11 is 0. The molecule has 0 aliphatic heterocycles. The number of carboxylic acids is 1. The zero-order chi connectivity index (χ0) is 27.9. The van der Waals surface area contributed by atoms with Crippen molar-refractivity contribution >= 4 is 5.97 Å². The summed E-state index contributed by atoms with van der Waals surface area (Å²) in [6, 6.07) is 22.9. The number of aromatic carboxylic acids is 1. The zero-order valence-electron chi connectivity index (χ0n) is 22.2. The third-order valence-corrected chi connectivity index (χ3v) is 7.35. The molecule has 3 aromatic carbocycles. The van der Waals surface area contributed by atoms with Gasteiger partial charge >= 0.3 is 5.97 Å². The van der Waals surface area contributed by atoms with Gasteiger partial charge in [0.25, 0.3) is 0 Å². The van der Waals surface area contributed by atoms with Crippen molar-refractivity contribution in [3.8, 4) is 5.75 Å². The van der Waals surface area contributed by atoms with Gasteiger partial charge in [0.1, 0.15) is 29.7 Å². The molecule has 5 nitrogen and oxygen atoms in total. The number of pyridine rings is 1. The first-order valence-electron chi connectivity index (χ1n) is 13.6. The van der Waals surface area contributed by atoms with E-state index in [2.05, 4.69) is 22.4 Å². The largest absolute Gasteiger partial charge is 0.489 e. The molecule has 4 aromatic rings. The Morgan fingerprint density at radius 1 is 0.875 bits per heavy atom. The van der Waals surface area contributed by atoms with Gasteiger partial charge in [0.15, 0.2) is 0 Å². The Kier molecular flexibility index (Phi) is 8.81. The minimum absolute atomic E-state index is 0.0700. The van der Waals surface area contributed by atoms with Gasteiger partial charge in [0.2, 0.25) is 0 Å². The molecule has 1 atom stereocenters. The number of aryl methyl sites for hydroxylation is 3. The molecule has 0 saturated carbocycles. The van der Waals surface area contributed by atoms with Crippen LogP contribution >= 0.6 is 0 Å². The van der Waals surface area contributed by atoms with E-state index in [4.69, 9.17) is 4.74 Å². The Hall–Kier alpha value is -4.10. The van der Waals surface area contributed by atoms with Crippen molar-refractivity contribution in [1.29, 1.82) is 0 Å². The Balaban J connectivity index is 1.15. The van der Waals surface area contributed by atoms with E-state index in [1.54, 1.807) is 12.1 Å². The highest BCUT2D eigenvalue weighted by atomic mass is 19.1. The van der Waals surface area contributed by atoms with Crippen LogP contribution in [-0.4, -0.2) is 22.6 Å². The van der Waals surface area contributed by atoms with E-state index in [0.29, 0.717) is 25.3 Å². The molecular formula is C33H32F2N2O3. The third-order valence-electron chi connectivity index (χ3n) is 7.35. The molecule has 206 valence electrons. The highest BCUT2D eigenvalue weighted by Crippen LogP contribution is 2.29. The number of aromatic nitrogens is 1. The van der Waals surface area contributed by atoms with E-state index >= 15 is 0 Å². The maximum Gasteiger partial charge on any atom is 0.354 e. The van der Waals surface area contributed by atoms with Crippen LogP contribution in [0.15, 0.2) is 78.9 Å². The van der Waals surface area contributed by atoms with Crippen LogP contribution < -0.4 is 10.1 Å². The normalized spacial score (nSPS) is 14.5. The van der Waals surface area contributed by atoms with Crippen LogP contribution in [0.5, 0.6) is 5.75 Å². The number of carbonyl (C=O) groups is 1. The molecule has 0 spiro atoms. The van der Waals surface area contributed by atoms with Crippen LogP contribution in [0.25, 0.3) is 0 Å². The van der Waals surface area contributed by atoms with Gasteiger partial charge in [0.05, 0.1) is 0 Å². The number of nitrogens with one attached hydrogen (secondary N) is 1. The Morgan fingerprint density at radius 3 is 2.27 bits per heavy atom. The fourth-order valence-corrected chi connectivity index (χ4v) is 5.16. The molecule has 5 rings (SSSR count). The van der Waals surface area contributed by atoms with Crippen LogP contribution in [0, 0.1) is 11.6 Å². The van der Waals surface area contributed by atoms with Gasteiger partial charge in [-0.1, -0.05) is 42.5 Å². The summed E-state index contributed by atoms with van der Waals surface area (Å²) in [6.45, 7) is 0.991. The van der Waals surface area contributed by atoms with Crippen LogP contribution in [0.1, 0.15) is 62.9 Å². The minimum Gasteiger partial charge on any atom is -0.489 e.